The Morgan fingerprint density at radius 1 is 1.17 bits per heavy atom. The molecule has 23 heavy (non-hydrogen) atoms. The lowest BCUT2D eigenvalue weighted by Crippen LogP contribution is -2.33. The number of aryl methyl sites for hydroxylation is 1. The zero-order chi connectivity index (χ0) is 16.2. The topological polar surface area (TPSA) is 48.0 Å². The monoisotopic (exact) mass is 310 g/mol. The van der Waals surface area contributed by atoms with E-state index < -0.39 is 0 Å². The van der Waals surface area contributed by atoms with Crippen molar-refractivity contribution in [1.82, 2.24) is 4.57 Å². The van der Waals surface area contributed by atoms with Gasteiger partial charge in [-0.15, -0.1) is 0 Å². The van der Waals surface area contributed by atoms with Crippen LogP contribution in [0.4, 0.5) is 0 Å². The van der Waals surface area contributed by atoms with Crippen molar-refractivity contribution < 1.29 is 0 Å². The van der Waals surface area contributed by atoms with Gasteiger partial charge in [0.15, 0.2) is 0 Å². The summed E-state index contributed by atoms with van der Waals surface area (Å²) in [6.45, 7) is 2.98. The van der Waals surface area contributed by atoms with Crippen LogP contribution < -0.4 is 11.3 Å². The third-order valence-corrected chi connectivity index (χ3v) is 4.86. The summed E-state index contributed by atoms with van der Waals surface area (Å²) in [4.78, 5) is 13.0. The van der Waals surface area contributed by atoms with Crippen molar-refractivity contribution in [3.63, 3.8) is 0 Å². The Bertz CT molecular complexity index is 718. The van der Waals surface area contributed by atoms with Gasteiger partial charge < -0.3 is 10.3 Å². The molecule has 1 atom stereocenters. The quantitative estimate of drug-likeness (QED) is 0.917. The fourth-order valence-electron chi connectivity index (χ4n) is 3.52. The van der Waals surface area contributed by atoms with Gasteiger partial charge in [-0.3, -0.25) is 4.79 Å². The molecule has 0 radical (unpaired) electrons. The molecule has 0 spiro atoms. The molecule has 122 valence electrons. The highest BCUT2D eigenvalue weighted by Gasteiger charge is 2.21. The summed E-state index contributed by atoms with van der Waals surface area (Å²) in [6.07, 6.45) is 6.61. The lowest BCUT2D eigenvalue weighted by atomic mass is 9.91. The predicted molar refractivity (Wildman–Crippen MR) is 94.7 cm³/mol. The maximum absolute atomic E-state index is 13.0. The number of hydrogen-bond acceptors (Lipinski definition) is 2. The Morgan fingerprint density at radius 2 is 1.91 bits per heavy atom. The van der Waals surface area contributed by atoms with Gasteiger partial charge in [0, 0.05) is 17.8 Å². The molecular weight excluding hydrogens is 284 g/mol. The van der Waals surface area contributed by atoms with E-state index in [4.69, 9.17) is 5.73 Å². The highest BCUT2D eigenvalue weighted by Crippen LogP contribution is 2.24. The van der Waals surface area contributed by atoms with Crippen LogP contribution in [-0.2, 0) is 19.4 Å². The third kappa shape index (κ3) is 3.25. The molecule has 1 aromatic heterocycles. The number of nitrogens with two attached hydrogens (primary N) is 1. The van der Waals surface area contributed by atoms with Crippen molar-refractivity contribution in [2.24, 2.45) is 5.73 Å². The minimum absolute atomic E-state index is 0.107. The van der Waals surface area contributed by atoms with Crippen molar-refractivity contribution in [2.45, 2.75) is 58.0 Å². The van der Waals surface area contributed by atoms with E-state index in [1.807, 2.05) is 34.9 Å². The SMILES string of the molecule is CCCCn1c2c(cc(C(N)c3ccccc3)c1=O)CCCC2. The van der Waals surface area contributed by atoms with Crippen LogP contribution in [0.2, 0.25) is 0 Å². The van der Waals surface area contributed by atoms with E-state index in [0.29, 0.717) is 0 Å². The average Bonchev–Trinajstić information content (AvgIpc) is 2.61. The van der Waals surface area contributed by atoms with Crippen molar-refractivity contribution in [1.29, 1.82) is 0 Å². The summed E-state index contributed by atoms with van der Waals surface area (Å²) in [6, 6.07) is 11.7. The smallest absolute Gasteiger partial charge is 0.255 e. The molecule has 2 N–H and O–H groups in total. The fourth-order valence-corrected chi connectivity index (χ4v) is 3.52. The van der Waals surface area contributed by atoms with Gasteiger partial charge in [-0.2, -0.15) is 0 Å². The maximum Gasteiger partial charge on any atom is 0.255 e. The average molecular weight is 310 g/mol. The molecule has 0 saturated heterocycles. The van der Waals surface area contributed by atoms with Crippen LogP contribution in [0.15, 0.2) is 41.2 Å². The number of unbranched alkanes of at least 4 members (excludes halogenated alkanes) is 1. The van der Waals surface area contributed by atoms with Gasteiger partial charge >= 0.3 is 0 Å². The van der Waals surface area contributed by atoms with Gasteiger partial charge in [-0.05, 0) is 49.3 Å². The van der Waals surface area contributed by atoms with E-state index in [9.17, 15) is 4.79 Å². The number of pyridine rings is 1. The van der Waals surface area contributed by atoms with Crippen molar-refractivity contribution in [3.05, 3.63) is 69.1 Å². The Kier molecular flexibility index (Phi) is 4.97. The van der Waals surface area contributed by atoms with Gasteiger partial charge in [0.1, 0.15) is 0 Å². The van der Waals surface area contributed by atoms with Crippen LogP contribution in [0.25, 0.3) is 0 Å². The highest BCUT2D eigenvalue weighted by atomic mass is 16.1. The van der Waals surface area contributed by atoms with Crippen molar-refractivity contribution in [3.8, 4) is 0 Å². The van der Waals surface area contributed by atoms with Gasteiger partial charge in [-0.25, -0.2) is 0 Å². The van der Waals surface area contributed by atoms with Crippen LogP contribution in [0.3, 0.4) is 0 Å². The molecule has 1 aliphatic carbocycles. The van der Waals surface area contributed by atoms with Crippen LogP contribution in [0.1, 0.15) is 61.0 Å². The first-order chi connectivity index (χ1) is 11.2. The standard InChI is InChI=1S/C20H26N2O/c1-2-3-13-22-18-12-8-7-11-16(18)14-17(20(22)23)19(21)15-9-5-4-6-10-15/h4-6,9-10,14,19H,2-3,7-8,11-13,21H2,1H3. The normalized spacial score (nSPS) is 15.2. The predicted octanol–water partition coefficient (Wildman–Crippen LogP) is 3.58. The number of rotatable bonds is 5. The lowest BCUT2D eigenvalue weighted by molar-refractivity contribution is 0.541. The van der Waals surface area contributed by atoms with Gasteiger partial charge in [0.05, 0.1) is 6.04 Å². The zero-order valence-electron chi connectivity index (χ0n) is 13.9. The van der Waals surface area contributed by atoms with Crippen molar-refractivity contribution >= 4 is 0 Å². The molecule has 0 amide bonds. The Balaban J connectivity index is 2.08. The van der Waals surface area contributed by atoms with E-state index >= 15 is 0 Å². The van der Waals surface area contributed by atoms with E-state index in [-0.39, 0.29) is 11.6 Å². The lowest BCUT2D eigenvalue weighted by Gasteiger charge is -2.24. The fraction of sp³-hybridized carbons (Fsp3) is 0.450. The molecule has 1 heterocycles. The second kappa shape index (κ2) is 7.14. The van der Waals surface area contributed by atoms with E-state index in [0.717, 1.165) is 43.4 Å². The molecular formula is C20H26N2O. The number of aromatic nitrogens is 1. The van der Waals surface area contributed by atoms with Crippen LogP contribution >= 0.6 is 0 Å². The molecule has 0 bridgehead atoms. The summed E-state index contributed by atoms with van der Waals surface area (Å²) in [5.41, 5.74) is 10.9. The maximum atomic E-state index is 13.0. The second-order valence-electron chi connectivity index (χ2n) is 6.48. The van der Waals surface area contributed by atoms with Crippen LogP contribution in [-0.4, -0.2) is 4.57 Å². The summed E-state index contributed by atoms with van der Waals surface area (Å²) in [7, 11) is 0. The molecule has 1 unspecified atom stereocenters. The Hall–Kier alpha value is -1.87. The Labute approximate surface area is 138 Å². The number of benzene rings is 1. The first kappa shape index (κ1) is 16.0. The molecule has 0 saturated carbocycles. The molecule has 1 aliphatic rings. The zero-order valence-corrected chi connectivity index (χ0v) is 13.9. The Morgan fingerprint density at radius 3 is 2.65 bits per heavy atom. The van der Waals surface area contributed by atoms with E-state index in [1.54, 1.807) is 0 Å². The van der Waals surface area contributed by atoms with Crippen molar-refractivity contribution in [2.75, 3.05) is 0 Å². The van der Waals surface area contributed by atoms with Crippen LogP contribution in [0, 0.1) is 0 Å². The van der Waals surface area contributed by atoms with Gasteiger partial charge in [0.2, 0.25) is 0 Å². The second-order valence-corrected chi connectivity index (χ2v) is 6.48. The molecule has 3 heteroatoms. The molecule has 0 fully saturated rings. The minimum Gasteiger partial charge on any atom is -0.320 e. The van der Waals surface area contributed by atoms with E-state index in [1.165, 1.54) is 24.1 Å². The number of nitrogens with zero attached hydrogens (tertiary/aromatic N) is 1. The molecule has 3 rings (SSSR count). The van der Waals surface area contributed by atoms with E-state index in [2.05, 4.69) is 13.0 Å². The molecule has 3 nitrogen and oxygen atoms in total. The molecule has 1 aromatic carbocycles. The number of fused-ring (bicyclic) bond motifs is 1. The summed E-state index contributed by atoms with van der Waals surface area (Å²) < 4.78 is 2.01. The van der Waals surface area contributed by atoms with Gasteiger partial charge in [0.25, 0.3) is 5.56 Å². The third-order valence-electron chi connectivity index (χ3n) is 4.86. The summed E-state index contributed by atoms with van der Waals surface area (Å²) >= 11 is 0. The largest absolute Gasteiger partial charge is 0.320 e. The molecule has 0 aliphatic heterocycles. The number of hydrogen-bond donors (Lipinski definition) is 1. The van der Waals surface area contributed by atoms with Gasteiger partial charge in [-0.1, -0.05) is 43.7 Å². The summed E-state index contributed by atoms with van der Waals surface area (Å²) in [5.74, 6) is 0. The summed E-state index contributed by atoms with van der Waals surface area (Å²) in [5, 5.41) is 0. The first-order valence-corrected chi connectivity index (χ1v) is 8.78. The molecule has 2 aromatic rings. The first-order valence-electron chi connectivity index (χ1n) is 8.78. The highest BCUT2D eigenvalue weighted by molar-refractivity contribution is 5.35. The minimum atomic E-state index is -0.344. The van der Waals surface area contributed by atoms with Crippen LogP contribution in [0.5, 0.6) is 0 Å².